The van der Waals surface area contributed by atoms with E-state index in [1.807, 2.05) is 24.3 Å². The number of benzene rings is 2. The van der Waals surface area contributed by atoms with Gasteiger partial charge in [0.15, 0.2) is 0 Å². The Balaban J connectivity index is 0. The molecule has 38 heavy (non-hydrogen) atoms. The maximum absolute atomic E-state index is 11.0. The van der Waals surface area contributed by atoms with Crippen LogP contribution in [0.15, 0.2) is 122 Å². The van der Waals surface area contributed by atoms with Crippen molar-refractivity contribution in [2.24, 2.45) is 0 Å². The van der Waals surface area contributed by atoms with E-state index in [2.05, 4.69) is 61.8 Å². The van der Waals surface area contributed by atoms with Crippen molar-refractivity contribution >= 4 is 0 Å². The van der Waals surface area contributed by atoms with Gasteiger partial charge in [0.1, 0.15) is 0 Å². The van der Waals surface area contributed by atoms with Gasteiger partial charge in [0, 0.05) is 39.0 Å². The Morgan fingerprint density at radius 2 is 0.711 bits per heavy atom. The van der Waals surface area contributed by atoms with Crippen molar-refractivity contribution in [1.29, 1.82) is 0 Å². The van der Waals surface area contributed by atoms with E-state index in [1.54, 1.807) is 36.4 Å². The van der Waals surface area contributed by atoms with Crippen LogP contribution in [0.1, 0.15) is 62.5 Å². The second kappa shape index (κ2) is 27.8. The molecule has 0 fully saturated rings. The van der Waals surface area contributed by atoms with E-state index >= 15 is 0 Å². The summed E-state index contributed by atoms with van der Waals surface area (Å²) in [6.45, 7) is 7.12. The van der Waals surface area contributed by atoms with Crippen molar-refractivity contribution in [3.63, 3.8) is 0 Å². The van der Waals surface area contributed by atoms with Crippen LogP contribution in [0.4, 0.5) is 0 Å². The Morgan fingerprint density at radius 1 is 0.474 bits per heavy atom. The van der Waals surface area contributed by atoms with Gasteiger partial charge < -0.3 is 10.2 Å². The van der Waals surface area contributed by atoms with E-state index in [-0.39, 0.29) is 50.5 Å². The summed E-state index contributed by atoms with van der Waals surface area (Å²) in [5.41, 5.74) is 1.63. The Kier molecular flexibility index (Phi) is 27.7. The average molecular weight is 689 g/mol. The molecule has 4 heteroatoms. The summed E-state index contributed by atoms with van der Waals surface area (Å²) >= 11 is 0. The first kappa shape index (κ1) is 37.9. The third-order valence-electron chi connectivity index (χ3n) is 5.34. The van der Waals surface area contributed by atoms with Gasteiger partial charge in [0.2, 0.25) is 0 Å². The molecule has 0 aliphatic heterocycles. The summed E-state index contributed by atoms with van der Waals surface area (Å²) in [7, 11) is 0. The third kappa shape index (κ3) is 20.7. The Morgan fingerprint density at radius 3 is 0.921 bits per heavy atom. The van der Waals surface area contributed by atoms with Crippen molar-refractivity contribution in [2.45, 2.75) is 64.2 Å². The summed E-state index contributed by atoms with van der Waals surface area (Å²) in [6.07, 6.45) is 32.8. The number of rotatable bonds is 4. The van der Waals surface area contributed by atoms with Crippen LogP contribution in [0, 0.1) is 0 Å². The summed E-state index contributed by atoms with van der Waals surface area (Å²) < 4.78 is 0. The zero-order valence-corrected chi connectivity index (χ0v) is 25.6. The van der Waals surface area contributed by atoms with Crippen LogP contribution in [-0.2, 0) is 51.8 Å². The van der Waals surface area contributed by atoms with E-state index in [9.17, 15) is 10.2 Å². The fraction of sp³-hybridized carbons (Fsp3) is 0.294. The number of hydrogen-bond donors (Lipinski definition) is 0. The molecule has 2 aliphatic rings. The van der Waals surface area contributed by atoms with Gasteiger partial charge >= 0.3 is 0 Å². The van der Waals surface area contributed by atoms with Gasteiger partial charge in [-0.15, -0.1) is 24.7 Å². The number of hydrogen-bond acceptors (Lipinski definition) is 2. The summed E-state index contributed by atoms with van der Waals surface area (Å²) in [6, 6.07) is 14.0. The fourth-order valence-corrected chi connectivity index (χ4v) is 3.37. The number of allylic oxidation sites excluding steroid dienone is 10. The summed E-state index contributed by atoms with van der Waals surface area (Å²) in [5.74, 6) is 0.199. The predicted octanol–water partition coefficient (Wildman–Crippen LogP) is 8.32. The van der Waals surface area contributed by atoms with Crippen LogP contribution < -0.4 is 10.2 Å². The molecule has 0 bridgehead atoms. The van der Waals surface area contributed by atoms with Crippen molar-refractivity contribution in [1.82, 2.24) is 0 Å². The van der Waals surface area contributed by atoms with E-state index in [1.165, 1.54) is 51.4 Å². The molecular weight excluding hydrogens is 646 g/mol. The fourth-order valence-electron chi connectivity index (χ4n) is 3.37. The van der Waals surface area contributed by atoms with Gasteiger partial charge in [-0.3, -0.25) is 0 Å². The molecule has 2 aromatic carbocycles. The van der Waals surface area contributed by atoms with Gasteiger partial charge in [-0.1, -0.05) is 120 Å². The Hall–Kier alpha value is -2.27. The molecule has 0 N–H and O–H groups in total. The second-order valence-electron chi connectivity index (χ2n) is 8.40. The normalized spacial score (nSPS) is 16.6. The third-order valence-corrected chi connectivity index (χ3v) is 5.34. The van der Waals surface area contributed by atoms with Gasteiger partial charge in [-0.25, -0.2) is 0 Å². The quantitative estimate of drug-likeness (QED) is 0.240. The molecule has 0 saturated carbocycles. The average Bonchev–Trinajstić information content (AvgIpc) is 2.83. The predicted molar refractivity (Wildman–Crippen MR) is 153 cm³/mol. The first-order valence-corrected chi connectivity index (χ1v) is 13.0. The van der Waals surface area contributed by atoms with Gasteiger partial charge in [-0.05, 0) is 64.2 Å². The summed E-state index contributed by atoms with van der Waals surface area (Å²) in [4.78, 5) is 0. The topological polar surface area (TPSA) is 46.1 Å². The van der Waals surface area contributed by atoms with Crippen LogP contribution in [0.5, 0.6) is 11.5 Å². The van der Waals surface area contributed by atoms with E-state index in [0.717, 1.165) is 11.1 Å². The number of para-hydroxylation sites is 2. The van der Waals surface area contributed by atoms with Crippen LogP contribution in [0.25, 0.3) is 0 Å². The van der Waals surface area contributed by atoms with Crippen LogP contribution in [-0.4, -0.2) is 0 Å². The first-order chi connectivity index (χ1) is 17.7. The minimum atomic E-state index is 0. The SMILES string of the molecule is C1=C\CC/C=C\CC/1.C1=C\CC/C=C\CC/1.C=CCc1ccccc1[O-].C=CCc1ccccc1[O-].[Rh].[Rh]. The zero-order chi connectivity index (χ0) is 26.1. The largest absolute Gasteiger partial charge is 0.872 e. The molecule has 0 amide bonds. The molecule has 0 spiro atoms. The van der Waals surface area contributed by atoms with E-state index in [0.29, 0.717) is 12.8 Å². The molecule has 0 heterocycles. The van der Waals surface area contributed by atoms with Crippen LogP contribution in [0.2, 0.25) is 0 Å². The van der Waals surface area contributed by atoms with E-state index in [4.69, 9.17) is 0 Å². The minimum Gasteiger partial charge on any atom is -0.872 e. The van der Waals surface area contributed by atoms with Gasteiger partial charge in [0.05, 0.1) is 0 Å². The van der Waals surface area contributed by atoms with Crippen LogP contribution in [0.3, 0.4) is 0 Å². The standard InChI is InChI=1S/2C9H10O.2C8H12.2Rh/c2*1-2-5-8-6-3-4-7-9(8)10;2*1-2-4-6-8-7-5-3-1;;/h2*2-4,6-7,10H,1,5H2;2*1-2,7-8H,3-6H2;;/p-2/b;;2*2-1-,8-7-;;. The molecule has 2 aliphatic carbocycles. The second-order valence-corrected chi connectivity index (χ2v) is 8.40. The van der Waals surface area contributed by atoms with Crippen molar-refractivity contribution in [3.8, 4) is 11.5 Å². The van der Waals surface area contributed by atoms with Crippen molar-refractivity contribution < 1.29 is 49.2 Å². The molecule has 2 radical (unpaired) electrons. The molecule has 210 valence electrons. The molecule has 4 rings (SSSR count). The Bertz CT molecular complexity index is 842. The monoisotopic (exact) mass is 688 g/mol. The Labute approximate surface area is 257 Å². The molecule has 0 aromatic heterocycles. The van der Waals surface area contributed by atoms with Crippen LogP contribution >= 0.6 is 0 Å². The van der Waals surface area contributed by atoms with Crippen molar-refractivity contribution in [2.75, 3.05) is 0 Å². The maximum atomic E-state index is 11.0. The minimum absolute atomic E-state index is 0. The summed E-state index contributed by atoms with van der Waals surface area (Å²) in [5, 5.41) is 21.9. The molecule has 0 atom stereocenters. The molecular formula is C34H42O2Rh2-2. The molecule has 0 saturated heterocycles. The molecule has 2 aromatic rings. The van der Waals surface area contributed by atoms with Gasteiger partial charge in [-0.2, -0.15) is 0 Å². The van der Waals surface area contributed by atoms with Gasteiger partial charge in [0.25, 0.3) is 0 Å². The zero-order valence-electron chi connectivity index (χ0n) is 22.4. The molecule has 0 unspecified atom stereocenters. The van der Waals surface area contributed by atoms with E-state index < -0.39 is 0 Å². The smallest absolute Gasteiger partial charge is 0 e. The molecule has 2 nitrogen and oxygen atoms in total. The first-order valence-electron chi connectivity index (χ1n) is 13.0. The van der Waals surface area contributed by atoms with Crippen molar-refractivity contribution in [3.05, 3.63) is 134 Å². The maximum Gasteiger partial charge on any atom is 0 e.